The van der Waals surface area contributed by atoms with E-state index >= 15 is 0 Å². The molecule has 0 amide bonds. The standard InChI is InChI=1S/C12H6BrF2N3O3/c1-5-2-8(7(14)3-6(5)13)17-10(19)4-9(15)18-11(17)16-21-12(18)20/h2-4H,1H3. The molecule has 9 heteroatoms. The Morgan fingerprint density at radius 3 is 2.67 bits per heavy atom. The topological polar surface area (TPSA) is 69.5 Å². The van der Waals surface area contributed by atoms with Crippen molar-refractivity contribution >= 4 is 21.7 Å². The zero-order chi connectivity index (χ0) is 15.3. The number of hydrogen-bond donors (Lipinski definition) is 0. The van der Waals surface area contributed by atoms with E-state index in [4.69, 9.17) is 0 Å². The van der Waals surface area contributed by atoms with Gasteiger partial charge in [0.15, 0.2) is 0 Å². The molecule has 0 spiro atoms. The van der Waals surface area contributed by atoms with Gasteiger partial charge in [-0.15, -0.1) is 0 Å². The largest absolute Gasteiger partial charge is 0.449 e. The third-order valence-electron chi connectivity index (χ3n) is 2.93. The van der Waals surface area contributed by atoms with E-state index in [1.54, 1.807) is 6.92 Å². The second-order valence-electron chi connectivity index (χ2n) is 4.28. The minimum atomic E-state index is -1.13. The lowest BCUT2D eigenvalue weighted by Gasteiger charge is -2.09. The van der Waals surface area contributed by atoms with Gasteiger partial charge in [-0.1, -0.05) is 15.9 Å². The minimum absolute atomic E-state index is 0.161. The predicted octanol–water partition coefficient (Wildman–Crippen LogP) is 1.79. The van der Waals surface area contributed by atoms with E-state index in [2.05, 4.69) is 25.6 Å². The predicted molar refractivity (Wildman–Crippen MR) is 71.7 cm³/mol. The molecule has 3 aromatic rings. The van der Waals surface area contributed by atoms with Gasteiger partial charge in [0.1, 0.15) is 5.82 Å². The smallest absolute Gasteiger partial charge is 0.293 e. The van der Waals surface area contributed by atoms with Gasteiger partial charge < -0.3 is 0 Å². The summed E-state index contributed by atoms with van der Waals surface area (Å²) in [7, 11) is 0. The highest BCUT2D eigenvalue weighted by molar-refractivity contribution is 9.10. The first-order valence-electron chi connectivity index (χ1n) is 5.66. The van der Waals surface area contributed by atoms with Crippen molar-refractivity contribution < 1.29 is 13.3 Å². The average molecular weight is 358 g/mol. The van der Waals surface area contributed by atoms with Crippen molar-refractivity contribution in [2.45, 2.75) is 6.92 Å². The lowest BCUT2D eigenvalue weighted by Crippen LogP contribution is -2.25. The maximum Gasteiger partial charge on any atom is 0.449 e. The third kappa shape index (κ3) is 2.00. The number of fused-ring (bicyclic) bond motifs is 1. The van der Waals surface area contributed by atoms with Crippen molar-refractivity contribution in [1.82, 2.24) is 14.1 Å². The highest BCUT2D eigenvalue weighted by atomic mass is 79.9. The van der Waals surface area contributed by atoms with Crippen LogP contribution in [0.1, 0.15) is 5.56 Å². The van der Waals surface area contributed by atoms with E-state index in [9.17, 15) is 18.4 Å². The Balaban J connectivity index is 2.49. The monoisotopic (exact) mass is 357 g/mol. The van der Waals surface area contributed by atoms with Crippen LogP contribution in [0.5, 0.6) is 0 Å². The molecule has 0 unspecified atom stereocenters. The molecule has 3 rings (SSSR count). The van der Waals surface area contributed by atoms with Gasteiger partial charge in [-0.25, -0.2) is 13.8 Å². The molecular formula is C12H6BrF2N3O3. The van der Waals surface area contributed by atoms with Crippen LogP contribution in [0.2, 0.25) is 0 Å². The third-order valence-corrected chi connectivity index (χ3v) is 3.79. The molecule has 0 aliphatic rings. The Hall–Kier alpha value is -2.29. The Labute approximate surface area is 123 Å². The summed E-state index contributed by atoms with van der Waals surface area (Å²) in [5, 5.41) is 3.33. The van der Waals surface area contributed by atoms with Crippen molar-refractivity contribution in [3.63, 3.8) is 0 Å². The molecule has 0 bridgehead atoms. The Morgan fingerprint density at radius 2 is 1.95 bits per heavy atom. The molecule has 21 heavy (non-hydrogen) atoms. The molecule has 0 saturated carbocycles. The molecule has 1 aromatic carbocycles. The van der Waals surface area contributed by atoms with Crippen molar-refractivity contribution in [3.8, 4) is 5.69 Å². The molecule has 0 fully saturated rings. The van der Waals surface area contributed by atoms with E-state index in [1.807, 2.05) is 0 Å². The highest BCUT2D eigenvalue weighted by Gasteiger charge is 2.18. The van der Waals surface area contributed by atoms with Crippen LogP contribution in [-0.2, 0) is 0 Å². The Bertz CT molecular complexity index is 990. The van der Waals surface area contributed by atoms with Crippen LogP contribution >= 0.6 is 15.9 Å². The van der Waals surface area contributed by atoms with Crippen LogP contribution in [0.15, 0.2) is 36.8 Å². The first kappa shape index (κ1) is 13.7. The molecule has 6 nitrogen and oxygen atoms in total. The maximum atomic E-state index is 14.1. The minimum Gasteiger partial charge on any atom is -0.293 e. The summed E-state index contributed by atoms with van der Waals surface area (Å²) >= 11 is 3.16. The first-order chi connectivity index (χ1) is 9.90. The molecule has 108 valence electrons. The lowest BCUT2D eigenvalue weighted by atomic mass is 10.2. The lowest BCUT2D eigenvalue weighted by molar-refractivity contribution is 0.381. The quantitative estimate of drug-likeness (QED) is 0.622. The summed E-state index contributed by atoms with van der Waals surface area (Å²) in [4.78, 5) is 23.3. The number of benzene rings is 1. The van der Waals surface area contributed by atoms with E-state index in [0.29, 0.717) is 20.5 Å². The summed E-state index contributed by atoms with van der Waals surface area (Å²) in [5.74, 6) is -3.42. The van der Waals surface area contributed by atoms with Gasteiger partial charge in [-0.2, -0.15) is 8.79 Å². The maximum absolute atomic E-state index is 14.1. The molecule has 0 aliphatic carbocycles. The highest BCUT2D eigenvalue weighted by Crippen LogP contribution is 2.23. The molecule has 2 aromatic heterocycles. The number of rotatable bonds is 1. The number of aromatic nitrogens is 3. The molecule has 0 aliphatic heterocycles. The Kier molecular flexibility index (Phi) is 3.01. The molecule has 0 atom stereocenters. The van der Waals surface area contributed by atoms with E-state index in [0.717, 1.165) is 10.6 Å². The van der Waals surface area contributed by atoms with E-state index in [1.165, 1.54) is 6.07 Å². The summed E-state index contributed by atoms with van der Waals surface area (Å²) < 4.78 is 33.8. The van der Waals surface area contributed by atoms with Gasteiger partial charge in [-0.05, 0) is 29.8 Å². The van der Waals surface area contributed by atoms with Crippen LogP contribution in [0.25, 0.3) is 11.5 Å². The van der Waals surface area contributed by atoms with Crippen LogP contribution in [0.3, 0.4) is 0 Å². The zero-order valence-electron chi connectivity index (χ0n) is 10.4. The SMILES string of the molecule is Cc1cc(-n2c(=O)cc(F)n3c(=O)onc23)c(F)cc1Br. The fourth-order valence-electron chi connectivity index (χ4n) is 1.94. The molecule has 0 N–H and O–H groups in total. The van der Waals surface area contributed by atoms with Gasteiger partial charge in [0, 0.05) is 4.47 Å². The zero-order valence-corrected chi connectivity index (χ0v) is 12.0. The van der Waals surface area contributed by atoms with Gasteiger partial charge >= 0.3 is 5.76 Å². The number of halogens is 3. The molecule has 0 saturated heterocycles. The average Bonchev–Trinajstić information content (AvgIpc) is 2.78. The van der Waals surface area contributed by atoms with Crippen LogP contribution in [0.4, 0.5) is 8.78 Å². The van der Waals surface area contributed by atoms with Crippen LogP contribution in [-0.4, -0.2) is 14.1 Å². The summed E-state index contributed by atoms with van der Waals surface area (Å²) in [6.45, 7) is 1.69. The Morgan fingerprint density at radius 1 is 1.24 bits per heavy atom. The summed E-state index contributed by atoms with van der Waals surface area (Å²) in [6, 6.07) is 3.09. The molecule has 0 radical (unpaired) electrons. The second-order valence-corrected chi connectivity index (χ2v) is 5.13. The number of hydrogen-bond acceptors (Lipinski definition) is 4. The molecule has 2 heterocycles. The fourth-order valence-corrected chi connectivity index (χ4v) is 2.25. The van der Waals surface area contributed by atoms with Crippen molar-refractivity contribution in [2.75, 3.05) is 0 Å². The molecular weight excluding hydrogens is 352 g/mol. The van der Waals surface area contributed by atoms with Gasteiger partial charge in [0.05, 0.1) is 11.8 Å². The van der Waals surface area contributed by atoms with E-state index in [-0.39, 0.29) is 5.69 Å². The normalized spacial score (nSPS) is 11.2. The van der Waals surface area contributed by atoms with Gasteiger partial charge in [-0.3, -0.25) is 9.32 Å². The van der Waals surface area contributed by atoms with Gasteiger partial charge in [0.25, 0.3) is 11.3 Å². The number of nitrogens with zero attached hydrogens (tertiary/aromatic N) is 3. The second kappa shape index (κ2) is 4.62. The van der Waals surface area contributed by atoms with E-state index < -0.39 is 28.9 Å². The van der Waals surface area contributed by atoms with Crippen molar-refractivity contribution in [2.24, 2.45) is 0 Å². The summed E-state index contributed by atoms with van der Waals surface area (Å²) in [6.07, 6.45) is 0. The van der Waals surface area contributed by atoms with Crippen molar-refractivity contribution in [3.05, 3.63) is 60.9 Å². The fraction of sp³-hybridized carbons (Fsp3) is 0.0833. The summed E-state index contributed by atoms with van der Waals surface area (Å²) in [5.41, 5.74) is -0.389. The number of aryl methyl sites for hydroxylation is 1. The van der Waals surface area contributed by atoms with Crippen LogP contribution < -0.4 is 11.3 Å². The first-order valence-corrected chi connectivity index (χ1v) is 6.45. The van der Waals surface area contributed by atoms with Gasteiger partial charge in [0.2, 0.25) is 5.95 Å². The van der Waals surface area contributed by atoms with Crippen LogP contribution in [0, 0.1) is 18.7 Å². The van der Waals surface area contributed by atoms with Crippen molar-refractivity contribution in [1.29, 1.82) is 0 Å².